The smallest absolute Gasteiger partial charge is 0.252 e. The number of hydrogen-bond acceptors (Lipinski definition) is 3. The van der Waals surface area contributed by atoms with Crippen molar-refractivity contribution in [3.05, 3.63) is 34.2 Å². The second kappa shape index (κ2) is 4.94. The first-order chi connectivity index (χ1) is 8.56. The van der Waals surface area contributed by atoms with Gasteiger partial charge in [-0.3, -0.25) is 9.59 Å². The monoisotopic (exact) mass is 250 g/mol. The van der Waals surface area contributed by atoms with Crippen LogP contribution in [-0.2, 0) is 11.8 Å². The van der Waals surface area contributed by atoms with Crippen molar-refractivity contribution in [2.75, 3.05) is 13.7 Å². The predicted octanol–water partition coefficient (Wildman–Crippen LogP) is 0.684. The Bertz CT molecular complexity index is 503. The molecule has 5 nitrogen and oxygen atoms in total. The largest absolute Gasteiger partial charge is 0.382 e. The fourth-order valence-electron chi connectivity index (χ4n) is 2.19. The molecule has 1 amide bonds. The molecule has 0 radical (unpaired) electrons. The van der Waals surface area contributed by atoms with Gasteiger partial charge in [-0.1, -0.05) is 0 Å². The normalized spacial score (nSPS) is 17.0. The molecule has 0 saturated heterocycles. The number of rotatable bonds is 4. The Morgan fingerprint density at radius 3 is 2.78 bits per heavy atom. The van der Waals surface area contributed by atoms with Crippen LogP contribution in [0, 0.1) is 0 Å². The van der Waals surface area contributed by atoms with E-state index in [-0.39, 0.29) is 17.0 Å². The summed E-state index contributed by atoms with van der Waals surface area (Å²) >= 11 is 0. The van der Waals surface area contributed by atoms with Gasteiger partial charge in [0.15, 0.2) is 0 Å². The van der Waals surface area contributed by atoms with Gasteiger partial charge in [-0.15, -0.1) is 0 Å². The lowest BCUT2D eigenvalue weighted by atomic mass is 9.77. The molecule has 0 bridgehead atoms. The minimum atomic E-state index is -0.243. The average molecular weight is 250 g/mol. The molecule has 0 spiro atoms. The van der Waals surface area contributed by atoms with Gasteiger partial charge in [0.1, 0.15) is 0 Å². The summed E-state index contributed by atoms with van der Waals surface area (Å²) in [6.07, 6.45) is 4.55. The SMILES string of the molecule is COCC1(NC(=O)c2ccn(C)c(=O)c2)CCC1. The van der Waals surface area contributed by atoms with Crippen LogP contribution in [0.5, 0.6) is 0 Å². The summed E-state index contributed by atoms with van der Waals surface area (Å²) in [4.78, 5) is 23.6. The van der Waals surface area contributed by atoms with E-state index in [0.717, 1.165) is 19.3 Å². The number of carbonyl (C=O) groups is 1. The van der Waals surface area contributed by atoms with Gasteiger partial charge in [0.05, 0.1) is 12.1 Å². The number of aryl methyl sites for hydroxylation is 1. The summed E-state index contributed by atoms with van der Waals surface area (Å²) in [7, 11) is 3.28. The van der Waals surface area contributed by atoms with Gasteiger partial charge in [-0.05, 0) is 25.3 Å². The third-order valence-corrected chi connectivity index (χ3v) is 3.48. The first-order valence-corrected chi connectivity index (χ1v) is 6.04. The first-order valence-electron chi connectivity index (χ1n) is 6.04. The average Bonchev–Trinajstić information content (AvgIpc) is 2.30. The van der Waals surface area contributed by atoms with Crippen molar-refractivity contribution < 1.29 is 9.53 Å². The van der Waals surface area contributed by atoms with Crippen LogP contribution in [0.15, 0.2) is 23.1 Å². The highest BCUT2D eigenvalue weighted by atomic mass is 16.5. The zero-order chi connectivity index (χ0) is 13.2. The maximum atomic E-state index is 12.1. The number of aromatic nitrogens is 1. The minimum Gasteiger partial charge on any atom is -0.382 e. The second-order valence-corrected chi connectivity index (χ2v) is 4.89. The van der Waals surface area contributed by atoms with Crippen LogP contribution in [0.4, 0.5) is 0 Å². The minimum absolute atomic E-state index is 0.183. The number of hydrogen-bond donors (Lipinski definition) is 1. The number of amides is 1. The zero-order valence-electron chi connectivity index (χ0n) is 10.7. The van der Waals surface area contributed by atoms with Crippen molar-refractivity contribution in [3.8, 4) is 0 Å². The topological polar surface area (TPSA) is 60.3 Å². The van der Waals surface area contributed by atoms with E-state index in [2.05, 4.69) is 5.32 Å². The summed E-state index contributed by atoms with van der Waals surface area (Å²) < 4.78 is 6.58. The van der Waals surface area contributed by atoms with Crippen LogP contribution in [0.1, 0.15) is 29.6 Å². The van der Waals surface area contributed by atoms with E-state index in [0.29, 0.717) is 12.2 Å². The molecule has 0 aromatic carbocycles. The van der Waals surface area contributed by atoms with Gasteiger partial charge in [0.25, 0.3) is 11.5 Å². The van der Waals surface area contributed by atoms with E-state index in [1.807, 2.05) is 0 Å². The van der Waals surface area contributed by atoms with Crippen molar-refractivity contribution in [2.45, 2.75) is 24.8 Å². The highest BCUT2D eigenvalue weighted by molar-refractivity contribution is 5.94. The first kappa shape index (κ1) is 12.8. The Kier molecular flexibility index (Phi) is 3.52. The van der Waals surface area contributed by atoms with Crippen molar-refractivity contribution >= 4 is 5.91 Å². The second-order valence-electron chi connectivity index (χ2n) is 4.89. The molecule has 18 heavy (non-hydrogen) atoms. The molecule has 1 N–H and O–H groups in total. The fraction of sp³-hybridized carbons (Fsp3) is 0.538. The molecule has 1 aliphatic rings. The Morgan fingerprint density at radius 2 is 2.28 bits per heavy atom. The Morgan fingerprint density at radius 1 is 1.56 bits per heavy atom. The number of carbonyl (C=O) groups excluding carboxylic acids is 1. The van der Waals surface area contributed by atoms with E-state index in [9.17, 15) is 9.59 Å². The number of methoxy groups -OCH3 is 1. The fourth-order valence-corrected chi connectivity index (χ4v) is 2.19. The van der Waals surface area contributed by atoms with Crippen LogP contribution in [0.25, 0.3) is 0 Å². The quantitative estimate of drug-likeness (QED) is 0.855. The van der Waals surface area contributed by atoms with E-state index < -0.39 is 0 Å². The molecular formula is C13H18N2O3. The molecule has 2 rings (SSSR count). The summed E-state index contributed by atoms with van der Waals surface area (Å²) in [5.74, 6) is -0.204. The van der Waals surface area contributed by atoms with Crippen LogP contribution < -0.4 is 10.9 Å². The lowest BCUT2D eigenvalue weighted by molar-refractivity contribution is 0.0476. The number of pyridine rings is 1. The third kappa shape index (κ3) is 2.46. The molecular weight excluding hydrogens is 232 g/mol. The zero-order valence-corrected chi connectivity index (χ0v) is 10.7. The summed E-state index contributed by atoms with van der Waals surface area (Å²) in [5.41, 5.74) is -0.0232. The predicted molar refractivity (Wildman–Crippen MR) is 67.6 cm³/mol. The molecule has 0 aliphatic heterocycles. The third-order valence-electron chi connectivity index (χ3n) is 3.48. The maximum absolute atomic E-state index is 12.1. The van der Waals surface area contributed by atoms with Crippen molar-refractivity contribution in [1.29, 1.82) is 0 Å². The van der Waals surface area contributed by atoms with E-state index in [4.69, 9.17) is 4.74 Å². The van der Waals surface area contributed by atoms with Crippen molar-refractivity contribution in [2.24, 2.45) is 7.05 Å². The summed E-state index contributed by atoms with van der Waals surface area (Å²) in [6.45, 7) is 0.517. The van der Waals surface area contributed by atoms with Crippen molar-refractivity contribution in [3.63, 3.8) is 0 Å². The lowest BCUT2D eigenvalue weighted by Gasteiger charge is -2.41. The molecule has 98 valence electrons. The molecule has 1 aliphatic carbocycles. The van der Waals surface area contributed by atoms with Crippen LogP contribution in [0.3, 0.4) is 0 Å². The molecule has 1 aromatic rings. The van der Waals surface area contributed by atoms with Gasteiger partial charge in [-0.2, -0.15) is 0 Å². The number of nitrogens with one attached hydrogen (secondary N) is 1. The Balaban J connectivity index is 2.11. The highest BCUT2D eigenvalue weighted by Crippen LogP contribution is 2.32. The van der Waals surface area contributed by atoms with Gasteiger partial charge in [0, 0.05) is 32.0 Å². The van der Waals surface area contributed by atoms with Crippen LogP contribution >= 0.6 is 0 Å². The van der Waals surface area contributed by atoms with Gasteiger partial charge in [0.2, 0.25) is 0 Å². The van der Waals surface area contributed by atoms with E-state index >= 15 is 0 Å². The molecule has 1 heterocycles. The Hall–Kier alpha value is -1.62. The van der Waals surface area contributed by atoms with Gasteiger partial charge < -0.3 is 14.6 Å². The molecule has 1 aromatic heterocycles. The van der Waals surface area contributed by atoms with Gasteiger partial charge >= 0.3 is 0 Å². The van der Waals surface area contributed by atoms with Crippen LogP contribution in [-0.4, -0.2) is 29.7 Å². The summed E-state index contributed by atoms with van der Waals surface area (Å²) in [6, 6.07) is 3.00. The highest BCUT2D eigenvalue weighted by Gasteiger charge is 2.38. The lowest BCUT2D eigenvalue weighted by Crippen LogP contribution is -2.56. The van der Waals surface area contributed by atoms with Gasteiger partial charge in [-0.25, -0.2) is 0 Å². The molecule has 1 saturated carbocycles. The maximum Gasteiger partial charge on any atom is 0.252 e. The van der Waals surface area contributed by atoms with E-state index in [1.165, 1.54) is 10.6 Å². The molecule has 0 atom stereocenters. The summed E-state index contributed by atoms with van der Waals surface area (Å²) in [5, 5.41) is 2.98. The number of nitrogens with zero attached hydrogens (tertiary/aromatic N) is 1. The molecule has 0 unspecified atom stereocenters. The van der Waals surface area contributed by atoms with Crippen LogP contribution in [0.2, 0.25) is 0 Å². The van der Waals surface area contributed by atoms with Crippen molar-refractivity contribution in [1.82, 2.24) is 9.88 Å². The van der Waals surface area contributed by atoms with E-state index in [1.54, 1.807) is 26.4 Å². The standard InChI is InChI=1S/C13H18N2O3/c1-15-7-4-10(8-11(15)16)12(17)14-13(9-18-2)5-3-6-13/h4,7-8H,3,5-6,9H2,1-2H3,(H,14,17). The molecule has 5 heteroatoms. The number of ether oxygens (including phenoxy) is 1. The Labute approximate surface area is 106 Å². The molecule has 1 fully saturated rings.